The van der Waals surface area contributed by atoms with Crippen LogP contribution in [0.5, 0.6) is 0 Å². The highest BCUT2D eigenvalue weighted by atomic mass is 35.5. The third-order valence-electron chi connectivity index (χ3n) is 3.80. The first kappa shape index (κ1) is 16.0. The Bertz CT molecular complexity index is 717. The largest absolute Gasteiger partial charge is 0.348 e. The van der Waals surface area contributed by atoms with E-state index < -0.39 is 0 Å². The van der Waals surface area contributed by atoms with E-state index in [-0.39, 0.29) is 11.9 Å². The lowest BCUT2D eigenvalue weighted by Gasteiger charge is -2.12. The van der Waals surface area contributed by atoms with Crippen LogP contribution in [-0.4, -0.2) is 21.9 Å². The van der Waals surface area contributed by atoms with Gasteiger partial charge in [0.05, 0.1) is 15.7 Å². The molecule has 2 N–H and O–H groups in total. The maximum Gasteiger partial charge on any atom is 0.270 e. The molecule has 0 atom stereocenters. The van der Waals surface area contributed by atoms with Gasteiger partial charge in [-0.3, -0.25) is 4.79 Å². The third-order valence-corrected chi connectivity index (χ3v) is 4.62. The zero-order valence-corrected chi connectivity index (χ0v) is 13.9. The van der Waals surface area contributed by atoms with Crippen molar-refractivity contribution in [1.82, 2.24) is 15.3 Å². The number of halogens is 2. The molecule has 23 heavy (non-hydrogen) atoms. The molecule has 1 fully saturated rings. The molecule has 0 radical (unpaired) electrons. The van der Waals surface area contributed by atoms with Gasteiger partial charge < -0.3 is 10.6 Å². The van der Waals surface area contributed by atoms with Crippen LogP contribution in [0.25, 0.3) is 0 Å². The number of carbonyl (C=O) groups is 1. The normalized spacial score (nSPS) is 14.7. The molecule has 5 nitrogen and oxygen atoms in total. The number of nitrogens with one attached hydrogen (secondary N) is 2. The predicted molar refractivity (Wildman–Crippen MR) is 91.5 cm³/mol. The Morgan fingerprint density at radius 1 is 1.17 bits per heavy atom. The Hall–Kier alpha value is -1.85. The molecule has 0 bridgehead atoms. The van der Waals surface area contributed by atoms with E-state index in [4.69, 9.17) is 23.2 Å². The summed E-state index contributed by atoms with van der Waals surface area (Å²) in [7, 11) is 0. The molecule has 1 heterocycles. The lowest BCUT2D eigenvalue weighted by atomic mass is 10.2. The average Bonchev–Trinajstić information content (AvgIpc) is 3.05. The molecule has 0 aliphatic heterocycles. The van der Waals surface area contributed by atoms with Crippen LogP contribution in [0.1, 0.15) is 36.2 Å². The Morgan fingerprint density at radius 2 is 1.96 bits per heavy atom. The summed E-state index contributed by atoms with van der Waals surface area (Å²) in [5.41, 5.74) is 0.951. The molecule has 120 valence electrons. The van der Waals surface area contributed by atoms with Gasteiger partial charge in [-0.15, -0.1) is 0 Å². The van der Waals surface area contributed by atoms with Gasteiger partial charge in [-0.05, 0) is 25.0 Å². The molecule has 7 heteroatoms. The minimum Gasteiger partial charge on any atom is -0.348 e. The summed E-state index contributed by atoms with van der Waals surface area (Å²) < 4.78 is 0. The van der Waals surface area contributed by atoms with E-state index in [2.05, 4.69) is 20.6 Å². The smallest absolute Gasteiger partial charge is 0.270 e. The number of hydrogen-bond acceptors (Lipinski definition) is 4. The molecular weight excluding hydrogens is 335 g/mol. The summed E-state index contributed by atoms with van der Waals surface area (Å²) in [6.07, 6.45) is 5.73. The highest BCUT2D eigenvalue weighted by molar-refractivity contribution is 6.43. The highest BCUT2D eigenvalue weighted by Crippen LogP contribution is 2.31. The summed E-state index contributed by atoms with van der Waals surface area (Å²) in [5.74, 6) is 0.306. The van der Waals surface area contributed by atoms with Crippen LogP contribution in [0.4, 0.5) is 11.5 Å². The third kappa shape index (κ3) is 3.92. The van der Waals surface area contributed by atoms with Gasteiger partial charge in [0, 0.05) is 12.1 Å². The SMILES string of the molecule is O=C(NC1CCCC1)c1cc(Nc2cccc(Cl)c2Cl)ncn1. The van der Waals surface area contributed by atoms with Gasteiger partial charge in [0.15, 0.2) is 0 Å². The number of amides is 1. The average molecular weight is 351 g/mol. The number of nitrogens with zero attached hydrogens (tertiary/aromatic N) is 2. The van der Waals surface area contributed by atoms with Gasteiger partial charge in [-0.1, -0.05) is 42.1 Å². The lowest BCUT2D eigenvalue weighted by Crippen LogP contribution is -2.33. The summed E-state index contributed by atoms with van der Waals surface area (Å²) in [4.78, 5) is 20.4. The fourth-order valence-electron chi connectivity index (χ4n) is 2.62. The zero-order chi connectivity index (χ0) is 16.2. The van der Waals surface area contributed by atoms with Crippen molar-refractivity contribution in [3.8, 4) is 0 Å². The standard InChI is InChI=1S/C16H16Cl2N4O/c17-11-6-3-7-12(15(11)18)22-14-8-13(19-9-20-14)16(23)21-10-4-1-2-5-10/h3,6-10H,1-2,4-5H2,(H,21,23)(H,19,20,22). The van der Waals surface area contributed by atoms with Crippen molar-refractivity contribution in [2.45, 2.75) is 31.7 Å². The first-order chi connectivity index (χ1) is 11.1. The number of hydrogen-bond donors (Lipinski definition) is 2. The Labute approximate surface area is 144 Å². The van der Waals surface area contributed by atoms with Crippen LogP contribution in [0, 0.1) is 0 Å². The van der Waals surface area contributed by atoms with E-state index >= 15 is 0 Å². The van der Waals surface area contributed by atoms with Gasteiger partial charge in [-0.25, -0.2) is 9.97 Å². The lowest BCUT2D eigenvalue weighted by molar-refractivity contribution is 0.0932. The number of rotatable bonds is 4. The first-order valence-electron chi connectivity index (χ1n) is 7.47. The highest BCUT2D eigenvalue weighted by Gasteiger charge is 2.19. The quantitative estimate of drug-likeness (QED) is 0.866. The van der Waals surface area contributed by atoms with Crippen LogP contribution in [-0.2, 0) is 0 Å². The van der Waals surface area contributed by atoms with Crippen LogP contribution < -0.4 is 10.6 Å². The summed E-state index contributed by atoms with van der Waals surface area (Å²) in [6, 6.07) is 7.12. The summed E-state index contributed by atoms with van der Waals surface area (Å²) >= 11 is 12.1. The maximum absolute atomic E-state index is 12.3. The zero-order valence-electron chi connectivity index (χ0n) is 12.4. The molecule has 3 rings (SSSR count). The summed E-state index contributed by atoms with van der Waals surface area (Å²) in [5, 5.41) is 6.91. The number of aromatic nitrogens is 2. The van der Waals surface area contributed by atoms with E-state index in [0.29, 0.717) is 27.2 Å². The molecular formula is C16H16Cl2N4O. The number of carbonyl (C=O) groups excluding carboxylic acids is 1. The second-order valence-electron chi connectivity index (χ2n) is 5.47. The van der Waals surface area contributed by atoms with Crippen molar-refractivity contribution >= 4 is 40.6 Å². The van der Waals surface area contributed by atoms with Gasteiger partial charge in [0.2, 0.25) is 0 Å². The van der Waals surface area contributed by atoms with Gasteiger partial charge in [0.25, 0.3) is 5.91 Å². The minimum atomic E-state index is -0.181. The van der Waals surface area contributed by atoms with Crippen LogP contribution in [0.15, 0.2) is 30.6 Å². The molecule has 1 aliphatic carbocycles. The van der Waals surface area contributed by atoms with Crippen molar-refractivity contribution in [2.75, 3.05) is 5.32 Å². The van der Waals surface area contributed by atoms with E-state index in [1.165, 1.54) is 6.33 Å². The van der Waals surface area contributed by atoms with Crippen molar-refractivity contribution in [1.29, 1.82) is 0 Å². The second kappa shape index (κ2) is 7.15. The Kier molecular flexibility index (Phi) is 4.98. The Morgan fingerprint density at radius 3 is 2.74 bits per heavy atom. The van der Waals surface area contributed by atoms with E-state index in [1.54, 1.807) is 24.3 Å². The van der Waals surface area contributed by atoms with E-state index in [0.717, 1.165) is 25.7 Å². The van der Waals surface area contributed by atoms with Gasteiger partial charge in [0.1, 0.15) is 17.8 Å². The molecule has 0 saturated heterocycles. The van der Waals surface area contributed by atoms with E-state index in [1.807, 2.05) is 0 Å². The maximum atomic E-state index is 12.3. The van der Waals surface area contributed by atoms with Gasteiger partial charge >= 0.3 is 0 Å². The van der Waals surface area contributed by atoms with Crippen molar-refractivity contribution < 1.29 is 4.79 Å². The minimum absolute atomic E-state index is 0.181. The van der Waals surface area contributed by atoms with Crippen LogP contribution >= 0.6 is 23.2 Å². The van der Waals surface area contributed by atoms with Crippen molar-refractivity contribution in [3.63, 3.8) is 0 Å². The molecule has 1 aromatic carbocycles. The fraction of sp³-hybridized carbons (Fsp3) is 0.312. The number of anilines is 2. The molecule has 1 aromatic heterocycles. The van der Waals surface area contributed by atoms with Crippen LogP contribution in [0.3, 0.4) is 0 Å². The van der Waals surface area contributed by atoms with Crippen molar-refractivity contribution in [2.24, 2.45) is 0 Å². The van der Waals surface area contributed by atoms with Crippen LogP contribution in [0.2, 0.25) is 10.0 Å². The molecule has 1 saturated carbocycles. The molecule has 0 spiro atoms. The fourth-order valence-corrected chi connectivity index (χ4v) is 2.97. The molecule has 1 amide bonds. The monoisotopic (exact) mass is 350 g/mol. The molecule has 0 unspecified atom stereocenters. The second-order valence-corrected chi connectivity index (χ2v) is 6.25. The molecule has 2 aromatic rings. The van der Waals surface area contributed by atoms with Crippen molar-refractivity contribution in [3.05, 3.63) is 46.3 Å². The topological polar surface area (TPSA) is 66.9 Å². The summed E-state index contributed by atoms with van der Waals surface area (Å²) in [6.45, 7) is 0. The number of benzene rings is 1. The Balaban J connectivity index is 1.74. The van der Waals surface area contributed by atoms with Gasteiger partial charge in [-0.2, -0.15) is 0 Å². The predicted octanol–water partition coefficient (Wildman–Crippen LogP) is 4.20. The van der Waals surface area contributed by atoms with E-state index in [9.17, 15) is 4.79 Å². The first-order valence-corrected chi connectivity index (χ1v) is 8.23. The molecule has 1 aliphatic rings.